The lowest BCUT2D eigenvalue weighted by atomic mass is 10.2. The normalized spacial score (nSPS) is 10.2. The Morgan fingerprint density at radius 2 is 2.00 bits per heavy atom. The van der Waals surface area contributed by atoms with Gasteiger partial charge in [-0.1, -0.05) is 40.2 Å². The first-order chi connectivity index (χ1) is 10.2. The van der Waals surface area contributed by atoms with Gasteiger partial charge in [0, 0.05) is 23.0 Å². The van der Waals surface area contributed by atoms with Gasteiger partial charge in [-0.3, -0.25) is 10.1 Å². The van der Waals surface area contributed by atoms with Crippen LogP contribution in [-0.4, -0.2) is 12.0 Å². The zero-order chi connectivity index (χ0) is 15.2. The molecule has 2 rings (SSSR count). The first kappa shape index (κ1) is 15.3. The van der Waals surface area contributed by atoms with Crippen LogP contribution in [-0.2, 0) is 11.9 Å². The number of benzene rings is 2. The number of para-hydroxylation sites is 1. The van der Waals surface area contributed by atoms with E-state index >= 15 is 0 Å². The van der Waals surface area contributed by atoms with E-state index in [4.69, 9.17) is 9.47 Å². The van der Waals surface area contributed by atoms with Gasteiger partial charge in [-0.15, -0.1) is 0 Å². The average molecular weight is 352 g/mol. The first-order valence-corrected chi connectivity index (χ1v) is 7.36. The number of nitro groups is 1. The molecule has 21 heavy (non-hydrogen) atoms. The number of nitro benzene ring substituents is 1. The largest absolute Gasteiger partial charge is 0.493 e. The van der Waals surface area contributed by atoms with Crippen molar-refractivity contribution < 1.29 is 14.4 Å². The maximum atomic E-state index is 10.8. The summed E-state index contributed by atoms with van der Waals surface area (Å²) in [7, 11) is 1.58. The molecule has 110 valence electrons. The van der Waals surface area contributed by atoms with E-state index in [2.05, 4.69) is 15.9 Å². The second kappa shape index (κ2) is 7.08. The van der Waals surface area contributed by atoms with Gasteiger partial charge in [-0.05, 0) is 11.6 Å². The van der Waals surface area contributed by atoms with Crippen LogP contribution >= 0.6 is 15.9 Å². The molecule has 2 aromatic rings. The lowest BCUT2D eigenvalue weighted by Gasteiger charge is -2.14. The Balaban J connectivity index is 2.20. The lowest BCUT2D eigenvalue weighted by Crippen LogP contribution is -2.01. The van der Waals surface area contributed by atoms with Gasteiger partial charge >= 0.3 is 0 Å². The van der Waals surface area contributed by atoms with E-state index in [1.807, 2.05) is 18.2 Å². The van der Waals surface area contributed by atoms with Crippen molar-refractivity contribution in [2.24, 2.45) is 0 Å². The quantitative estimate of drug-likeness (QED) is 0.447. The Morgan fingerprint density at radius 3 is 2.67 bits per heavy atom. The van der Waals surface area contributed by atoms with Crippen LogP contribution in [0.4, 0.5) is 5.69 Å². The molecular weight excluding hydrogens is 338 g/mol. The zero-order valence-corrected chi connectivity index (χ0v) is 13.0. The van der Waals surface area contributed by atoms with E-state index in [1.165, 1.54) is 12.1 Å². The maximum Gasteiger partial charge on any atom is 0.269 e. The first-order valence-electron chi connectivity index (χ1n) is 6.23. The Bertz CT molecular complexity index is 623. The van der Waals surface area contributed by atoms with Gasteiger partial charge in [-0.2, -0.15) is 0 Å². The van der Waals surface area contributed by atoms with Crippen molar-refractivity contribution in [3.8, 4) is 11.5 Å². The smallest absolute Gasteiger partial charge is 0.269 e. The van der Waals surface area contributed by atoms with Gasteiger partial charge in [0.05, 0.1) is 12.0 Å². The third-order valence-electron chi connectivity index (χ3n) is 2.93. The number of non-ortho nitro benzene ring substituents is 1. The Morgan fingerprint density at radius 1 is 1.24 bits per heavy atom. The molecule has 0 aromatic heterocycles. The minimum absolute atomic E-state index is 0.0526. The third kappa shape index (κ3) is 3.72. The van der Waals surface area contributed by atoms with Crippen molar-refractivity contribution in [3.63, 3.8) is 0 Å². The van der Waals surface area contributed by atoms with Crippen LogP contribution in [0, 0.1) is 10.1 Å². The minimum Gasteiger partial charge on any atom is -0.493 e. The van der Waals surface area contributed by atoms with Crippen LogP contribution in [0.5, 0.6) is 11.5 Å². The molecule has 0 spiro atoms. The van der Waals surface area contributed by atoms with Crippen molar-refractivity contribution in [2.75, 3.05) is 7.11 Å². The Kier molecular flexibility index (Phi) is 5.16. The average Bonchev–Trinajstić information content (AvgIpc) is 2.52. The number of nitrogens with zero attached hydrogens (tertiary/aromatic N) is 1. The van der Waals surface area contributed by atoms with Gasteiger partial charge in [0.2, 0.25) is 0 Å². The number of ether oxygens (including phenoxy) is 2. The van der Waals surface area contributed by atoms with Crippen LogP contribution in [0.15, 0.2) is 42.5 Å². The molecule has 0 aliphatic carbocycles. The lowest BCUT2D eigenvalue weighted by molar-refractivity contribution is -0.384. The predicted octanol–water partition coefficient (Wildman–Crippen LogP) is 4.08. The highest BCUT2D eigenvalue weighted by Crippen LogP contribution is 2.33. The summed E-state index contributed by atoms with van der Waals surface area (Å²) in [4.78, 5) is 10.3. The number of methoxy groups -OCH3 is 1. The van der Waals surface area contributed by atoms with Gasteiger partial charge in [0.1, 0.15) is 6.61 Å². The molecule has 0 saturated heterocycles. The molecule has 0 saturated carbocycles. The monoisotopic (exact) mass is 351 g/mol. The van der Waals surface area contributed by atoms with E-state index in [0.717, 1.165) is 11.1 Å². The topological polar surface area (TPSA) is 61.6 Å². The molecule has 0 heterocycles. The SMILES string of the molecule is COc1cccc(CBr)c1OCc1cccc([N+](=O)[O-])c1. The summed E-state index contributed by atoms with van der Waals surface area (Å²) in [5.41, 5.74) is 1.74. The second-order valence-corrected chi connectivity index (χ2v) is 4.86. The molecule has 0 radical (unpaired) electrons. The summed E-state index contributed by atoms with van der Waals surface area (Å²) < 4.78 is 11.1. The number of hydrogen-bond acceptors (Lipinski definition) is 4. The van der Waals surface area contributed by atoms with Crippen molar-refractivity contribution in [3.05, 3.63) is 63.7 Å². The second-order valence-electron chi connectivity index (χ2n) is 4.30. The molecule has 0 aliphatic rings. The minimum atomic E-state index is -0.420. The van der Waals surface area contributed by atoms with Crippen molar-refractivity contribution in [1.29, 1.82) is 0 Å². The highest BCUT2D eigenvalue weighted by Gasteiger charge is 2.11. The van der Waals surface area contributed by atoms with E-state index < -0.39 is 4.92 Å². The zero-order valence-electron chi connectivity index (χ0n) is 11.4. The summed E-state index contributed by atoms with van der Waals surface area (Å²) in [5, 5.41) is 11.4. The maximum absolute atomic E-state index is 10.8. The van der Waals surface area contributed by atoms with Gasteiger partial charge < -0.3 is 9.47 Å². The fourth-order valence-corrected chi connectivity index (χ4v) is 2.35. The summed E-state index contributed by atoms with van der Waals surface area (Å²) in [6, 6.07) is 12.0. The molecule has 0 unspecified atom stereocenters. The summed E-state index contributed by atoms with van der Waals surface area (Å²) >= 11 is 3.40. The molecule has 0 amide bonds. The number of alkyl halides is 1. The van der Waals surface area contributed by atoms with Crippen LogP contribution < -0.4 is 9.47 Å². The Hall–Kier alpha value is -2.08. The molecule has 6 heteroatoms. The van der Waals surface area contributed by atoms with E-state index in [-0.39, 0.29) is 12.3 Å². The van der Waals surface area contributed by atoms with Crippen molar-refractivity contribution in [1.82, 2.24) is 0 Å². The van der Waals surface area contributed by atoms with Crippen molar-refractivity contribution >= 4 is 21.6 Å². The summed E-state index contributed by atoms with van der Waals surface area (Å²) in [5.74, 6) is 1.28. The van der Waals surface area contributed by atoms with Crippen LogP contribution in [0.2, 0.25) is 0 Å². The van der Waals surface area contributed by atoms with Gasteiger partial charge in [0.15, 0.2) is 11.5 Å². The third-order valence-corrected chi connectivity index (χ3v) is 3.53. The van der Waals surface area contributed by atoms with E-state index in [0.29, 0.717) is 16.8 Å². The van der Waals surface area contributed by atoms with Gasteiger partial charge in [0.25, 0.3) is 5.69 Å². The molecule has 5 nitrogen and oxygen atoms in total. The number of halogens is 1. The fourth-order valence-electron chi connectivity index (χ4n) is 1.91. The molecular formula is C15H14BrNO4. The number of hydrogen-bond donors (Lipinski definition) is 0. The molecule has 2 aromatic carbocycles. The van der Waals surface area contributed by atoms with Gasteiger partial charge in [-0.25, -0.2) is 0 Å². The molecule has 0 aliphatic heterocycles. The fraction of sp³-hybridized carbons (Fsp3) is 0.200. The van der Waals surface area contributed by atoms with E-state index in [9.17, 15) is 10.1 Å². The predicted molar refractivity (Wildman–Crippen MR) is 83.1 cm³/mol. The highest BCUT2D eigenvalue weighted by molar-refractivity contribution is 9.08. The standard InChI is InChI=1S/C15H14BrNO4/c1-20-14-7-3-5-12(9-16)15(14)21-10-11-4-2-6-13(8-11)17(18)19/h2-8H,9-10H2,1H3. The molecule has 0 atom stereocenters. The molecule has 0 bridgehead atoms. The van der Waals surface area contributed by atoms with Crippen LogP contribution in [0.25, 0.3) is 0 Å². The van der Waals surface area contributed by atoms with Crippen LogP contribution in [0.3, 0.4) is 0 Å². The molecule has 0 fully saturated rings. The Labute approximate surface area is 130 Å². The highest BCUT2D eigenvalue weighted by atomic mass is 79.9. The number of rotatable bonds is 6. The van der Waals surface area contributed by atoms with Crippen LogP contribution in [0.1, 0.15) is 11.1 Å². The molecule has 0 N–H and O–H groups in total. The van der Waals surface area contributed by atoms with Crippen molar-refractivity contribution in [2.45, 2.75) is 11.9 Å². The van der Waals surface area contributed by atoms with E-state index in [1.54, 1.807) is 19.2 Å². The summed E-state index contributed by atoms with van der Waals surface area (Å²) in [6.45, 7) is 0.238. The summed E-state index contributed by atoms with van der Waals surface area (Å²) in [6.07, 6.45) is 0.